The Balaban J connectivity index is 2.31. The summed E-state index contributed by atoms with van der Waals surface area (Å²) in [4.78, 5) is 22.1. The van der Waals surface area contributed by atoms with E-state index in [1.807, 2.05) is 5.32 Å². The first-order valence-electron chi connectivity index (χ1n) is 6.33. The monoisotopic (exact) mass is 361 g/mol. The van der Waals surface area contributed by atoms with Gasteiger partial charge in [-0.15, -0.1) is 0 Å². The van der Waals surface area contributed by atoms with E-state index in [4.69, 9.17) is 11.6 Å². The van der Waals surface area contributed by atoms with E-state index < -0.39 is 24.1 Å². The zero-order chi connectivity index (χ0) is 17.9. The van der Waals surface area contributed by atoms with Crippen LogP contribution < -0.4 is 5.32 Å². The van der Waals surface area contributed by atoms with Crippen LogP contribution in [0.5, 0.6) is 0 Å². The maximum Gasteiger partial charge on any atom is 0.491 e. The summed E-state index contributed by atoms with van der Waals surface area (Å²) < 4.78 is 53.8. The number of hydrogen-bond donors (Lipinski definition) is 1. The highest BCUT2D eigenvalue weighted by Gasteiger charge is 2.42. The fourth-order valence-corrected chi connectivity index (χ4v) is 1.98. The van der Waals surface area contributed by atoms with Gasteiger partial charge in [-0.1, -0.05) is 35.9 Å². The summed E-state index contributed by atoms with van der Waals surface area (Å²) in [5.41, 5.74) is 0.105. The molecule has 126 valence electrons. The Kier molecular flexibility index (Phi) is 5.08. The van der Waals surface area contributed by atoms with Crippen molar-refractivity contribution in [3.63, 3.8) is 0 Å². The molecule has 2 rings (SSSR count). The van der Waals surface area contributed by atoms with Crippen molar-refractivity contribution in [2.24, 2.45) is 0 Å². The standard InChI is InChI=1S/C15H8ClF4NO3/c16-8-5-6-10(9-3-1-2-4-11(9)17)12(7-8)21-14(23)24-13(22)15(18,19)20/h1-7H,(H,21,23). The molecule has 0 aromatic heterocycles. The molecule has 0 radical (unpaired) electrons. The van der Waals surface area contributed by atoms with Gasteiger partial charge in [-0.25, -0.2) is 14.0 Å². The van der Waals surface area contributed by atoms with Crippen LogP contribution >= 0.6 is 11.6 Å². The smallest absolute Gasteiger partial charge is 0.369 e. The molecule has 0 aliphatic rings. The van der Waals surface area contributed by atoms with E-state index in [9.17, 15) is 27.2 Å². The second-order valence-corrected chi connectivity index (χ2v) is 4.91. The van der Waals surface area contributed by atoms with Crippen molar-refractivity contribution in [1.29, 1.82) is 0 Å². The highest BCUT2D eigenvalue weighted by Crippen LogP contribution is 2.32. The first-order chi connectivity index (χ1) is 11.2. The number of alkyl halides is 3. The molecule has 0 aliphatic carbocycles. The van der Waals surface area contributed by atoms with Gasteiger partial charge in [-0.05, 0) is 18.2 Å². The normalized spacial score (nSPS) is 11.0. The lowest BCUT2D eigenvalue weighted by Crippen LogP contribution is -2.30. The van der Waals surface area contributed by atoms with Crippen molar-refractivity contribution in [3.05, 3.63) is 53.3 Å². The molecule has 0 spiro atoms. The van der Waals surface area contributed by atoms with Gasteiger partial charge >= 0.3 is 18.2 Å². The van der Waals surface area contributed by atoms with Gasteiger partial charge in [0.1, 0.15) is 5.82 Å². The third kappa shape index (κ3) is 4.23. The van der Waals surface area contributed by atoms with Crippen molar-refractivity contribution >= 4 is 29.4 Å². The van der Waals surface area contributed by atoms with E-state index in [1.54, 1.807) is 0 Å². The van der Waals surface area contributed by atoms with Crippen LogP contribution in [0, 0.1) is 5.82 Å². The van der Waals surface area contributed by atoms with Crippen LogP contribution in [0.15, 0.2) is 42.5 Å². The lowest BCUT2D eigenvalue weighted by Gasteiger charge is -2.12. The van der Waals surface area contributed by atoms with Crippen LogP contribution in [0.1, 0.15) is 0 Å². The number of rotatable bonds is 2. The highest BCUT2D eigenvalue weighted by atomic mass is 35.5. The van der Waals surface area contributed by atoms with E-state index in [1.165, 1.54) is 42.5 Å². The Morgan fingerprint density at radius 1 is 1.04 bits per heavy atom. The maximum absolute atomic E-state index is 13.9. The number of ether oxygens (including phenoxy) is 1. The molecule has 0 fully saturated rings. The fraction of sp³-hybridized carbons (Fsp3) is 0.0667. The van der Waals surface area contributed by atoms with Gasteiger partial charge in [0.25, 0.3) is 0 Å². The zero-order valence-corrected chi connectivity index (χ0v) is 12.4. The lowest BCUT2D eigenvalue weighted by molar-refractivity contribution is -0.192. The minimum atomic E-state index is -5.32. The first kappa shape index (κ1) is 17.7. The molecule has 2 aromatic rings. The van der Waals surface area contributed by atoms with Crippen LogP contribution in [0.3, 0.4) is 0 Å². The second kappa shape index (κ2) is 6.88. The summed E-state index contributed by atoms with van der Waals surface area (Å²) in [5, 5.41) is 2.08. The average Bonchev–Trinajstić information content (AvgIpc) is 2.47. The summed E-state index contributed by atoms with van der Waals surface area (Å²) in [7, 11) is 0. The summed E-state index contributed by atoms with van der Waals surface area (Å²) in [6.07, 6.45) is -6.99. The molecule has 2 aromatic carbocycles. The number of nitrogens with one attached hydrogen (secondary N) is 1. The van der Waals surface area contributed by atoms with Gasteiger partial charge in [-0.2, -0.15) is 13.2 Å². The number of amides is 1. The molecule has 0 unspecified atom stereocenters. The largest absolute Gasteiger partial charge is 0.491 e. The van der Waals surface area contributed by atoms with E-state index >= 15 is 0 Å². The van der Waals surface area contributed by atoms with Crippen molar-refractivity contribution < 1.29 is 31.9 Å². The van der Waals surface area contributed by atoms with Crippen LogP contribution in [0.2, 0.25) is 5.02 Å². The fourth-order valence-electron chi connectivity index (χ4n) is 1.81. The average molecular weight is 362 g/mol. The molecule has 1 amide bonds. The second-order valence-electron chi connectivity index (χ2n) is 4.47. The Morgan fingerprint density at radius 3 is 2.33 bits per heavy atom. The van der Waals surface area contributed by atoms with Gasteiger partial charge in [0.05, 0.1) is 5.69 Å². The van der Waals surface area contributed by atoms with Gasteiger partial charge in [0.2, 0.25) is 0 Å². The molecule has 0 saturated heterocycles. The third-order valence-corrected chi connectivity index (χ3v) is 3.03. The van der Waals surface area contributed by atoms with Crippen molar-refractivity contribution in [2.75, 3.05) is 5.32 Å². The van der Waals surface area contributed by atoms with Crippen molar-refractivity contribution in [1.82, 2.24) is 0 Å². The Morgan fingerprint density at radius 2 is 1.71 bits per heavy atom. The van der Waals surface area contributed by atoms with E-state index in [-0.39, 0.29) is 21.8 Å². The summed E-state index contributed by atoms with van der Waals surface area (Å²) in [6.45, 7) is 0. The third-order valence-electron chi connectivity index (χ3n) is 2.80. The van der Waals surface area contributed by atoms with Gasteiger partial charge in [0, 0.05) is 16.1 Å². The Bertz CT molecular complexity index is 793. The maximum atomic E-state index is 13.9. The quantitative estimate of drug-likeness (QED) is 0.475. The topological polar surface area (TPSA) is 55.4 Å². The molecule has 0 aliphatic heterocycles. The minimum absolute atomic E-state index is 0.0756. The van der Waals surface area contributed by atoms with E-state index in [2.05, 4.69) is 4.74 Å². The van der Waals surface area contributed by atoms with Gasteiger partial charge < -0.3 is 4.74 Å². The van der Waals surface area contributed by atoms with Crippen molar-refractivity contribution in [3.8, 4) is 11.1 Å². The van der Waals surface area contributed by atoms with Crippen molar-refractivity contribution in [2.45, 2.75) is 6.18 Å². The molecule has 0 atom stereocenters. The van der Waals surface area contributed by atoms with Crippen LogP contribution in [0.4, 0.5) is 28.0 Å². The number of halogens is 5. The predicted molar refractivity (Wildman–Crippen MR) is 78.0 cm³/mol. The Labute approximate surface area is 138 Å². The SMILES string of the molecule is O=C(Nc1cc(Cl)ccc1-c1ccccc1F)OC(=O)C(F)(F)F. The Hall–Kier alpha value is -2.61. The number of hydrogen-bond acceptors (Lipinski definition) is 3. The minimum Gasteiger partial charge on any atom is -0.369 e. The molecule has 0 heterocycles. The predicted octanol–water partition coefficient (Wildman–Crippen LogP) is 4.78. The molecular formula is C15H8ClF4NO3. The number of esters is 1. The molecule has 0 bridgehead atoms. The summed E-state index contributed by atoms with van der Waals surface area (Å²) in [6, 6.07) is 9.49. The highest BCUT2D eigenvalue weighted by molar-refractivity contribution is 6.31. The van der Waals surface area contributed by atoms with Crippen LogP contribution in [0.25, 0.3) is 11.1 Å². The number of anilines is 1. The van der Waals surface area contributed by atoms with E-state index in [0.717, 1.165) is 0 Å². The zero-order valence-electron chi connectivity index (χ0n) is 11.7. The van der Waals surface area contributed by atoms with E-state index in [0.29, 0.717) is 0 Å². The van der Waals surface area contributed by atoms with Crippen LogP contribution in [-0.2, 0) is 9.53 Å². The van der Waals surface area contributed by atoms with Gasteiger partial charge in [0.15, 0.2) is 0 Å². The summed E-state index contributed by atoms with van der Waals surface area (Å²) >= 11 is 5.77. The number of carbonyl (C=O) groups excluding carboxylic acids is 2. The van der Waals surface area contributed by atoms with Crippen LogP contribution in [-0.4, -0.2) is 18.2 Å². The summed E-state index contributed by atoms with van der Waals surface area (Å²) in [5.74, 6) is -3.29. The molecule has 1 N–H and O–H groups in total. The molecule has 0 saturated carbocycles. The molecule has 9 heteroatoms. The molecule has 24 heavy (non-hydrogen) atoms. The number of benzene rings is 2. The molecular weight excluding hydrogens is 354 g/mol. The number of carbonyl (C=O) groups is 2. The van der Waals surface area contributed by atoms with Gasteiger partial charge in [-0.3, -0.25) is 5.32 Å². The first-order valence-corrected chi connectivity index (χ1v) is 6.70. The lowest BCUT2D eigenvalue weighted by atomic mass is 10.0. The molecule has 4 nitrogen and oxygen atoms in total.